The Kier molecular flexibility index (Phi) is 6.01. The summed E-state index contributed by atoms with van der Waals surface area (Å²) in [6.07, 6.45) is 0. The molecule has 0 atom stereocenters. The van der Waals surface area contributed by atoms with Crippen LogP contribution in [0, 0.1) is 0 Å². The molecule has 0 saturated carbocycles. The summed E-state index contributed by atoms with van der Waals surface area (Å²) < 4.78 is 68.7. The molecule has 0 N–H and O–H groups in total. The van der Waals surface area contributed by atoms with Crippen LogP contribution in [0.1, 0.15) is 9.60 Å². The highest BCUT2D eigenvalue weighted by Crippen LogP contribution is 2.40. The Hall–Kier alpha value is -7.42. The third kappa shape index (κ3) is 5.34. The van der Waals surface area contributed by atoms with E-state index in [-0.39, 0.29) is 57.6 Å². The summed E-state index contributed by atoms with van der Waals surface area (Å²) in [5.74, 6) is 0. The molecule has 0 aliphatic rings. The molecule has 11 aromatic rings. The van der Waals surface area contributed by atoms with Crippen molar-refractivity contribution in [2.45, 2.75) is 0 Å². The standard InChI is InChI=1S/C54H36N2/c1-4-13-37(14-5-1)40-23-28-45(29-24-40)55-52-31-26-43(35-50(52)48-30-25-44(36-54(48)55)39-17-8-3-9-18-39)42-27-32-53-49(34-42)47-21-10-11-22-51(47)56(53)46-20-12-19-41(33-46)38-15-6-2-7-16-38/h1-36H/i10D,11D,21D,22D,27D,32D,34D. The fraction of sp³-hybridized carbons (Fsp3) is 0. The summed E-state index contributed by atoms with van der Waals surface area (Å²) in [5, 5.41) is 2.23. The number of rotatable bonds is 6. The minimum Gasteiger partial charge on any atom is -0.309 e. The Morgan fingerprint density at radius 1 is 0.286 bits per heavy atom. The van der Waals surface area contributed by atoms with Crippen molar-refractivity contribution in [3.8, 4) is 55.9 Å². The number of fused-ring (bicyclic) bond motifs is 6. The molecule has 0 aliphatic heterocycles. The van der Waals surface area contributed by atoms with Gasteiger partial charge in [0.05, 0.1) is 31.7 Å². The fourth-order valence-corrected chi connectivity index (χ4v) is 8.07. The van der Waals surface area contributed by atoms with Crippen LogP contribution in [0.15, 0.2) is 218 Å². The zero-order chi connectivity index (χ0) is 43.1. The van der Waals surface area contributed by atoms with Crippen molar-refractivity contribution in [3.63, 3.8) is 0 Å². The van der Waals surface area contributed by atoms with Gasteiger partial charge in [0.15, 0.2) is 0 Å². The first-order valence-corrected chi connectivity index (χ1v) is 18.7. The van der Waals surface area contributed by atoms with Crippen molar-refractivity contribution in [2.75, 3.05) is 0 Å². The van der Waals surface area contributed by atoms with E-state index in [0.29, 0.717) is 11.3 Å². The quantitative estimate of drug-likeness (QED) is 0.162. The second-order valence-corrected chi connectivity index (χ2v) is 14.0. The third-order valence-corrected chi connectivity index (χ3v) is 10.8. The van der Waals surface area contributed by atoms with Gasteiger partial charge < -0.3 is 9.13 Å². The summed E-state index contributed by atoms with van der Waals surface area (Å²) in [4.78, 5) is 0. The molecular weight excluding hydrogens is 677 g/mol. The number of para-hydroxylation sites is 1. The van der Waals surface area contributed by atoms with Gasteiger partial charge in [0, 0.05) is 32.9 Å². The van der Waals surface area contributed by atoms with Gasteiger partial charge in [0.2, 0.25) is 0 Å². The molecule has 2 heterocycles. The highest BCUT2D eigenvalue weighted by atomic mass is 15.0. The van der Waals surface area contributed by atoms with Crippen LogP contribution in [0.3, 0.4) is 0 Å². The van der Waals surface area contributed by atoms with Crippen molar-refractivity contribution in [3.05, 3.63) is 218 Å². The van der Waals surface area contributed by atoms with Crippen LogP contribution in [0.4, 0.5) is 0 Å². The van der Waals surface area contributed by atoms with Gasteiger partial charge >= 0.3 is 0 Å². The predicted molar refractivity (Wildman–Crippen MR) is 237 cm³/mol. The molecule has 2 heteroatoms. The van der Waals surface area contributed by atoms with Crippen molar-refractivity contribution < 1.29 is 9.60 Å². The lowest BCUT2D eigenvalue weighted by Gasteiger charge is -2.11. The summed E-state index contributed by atoms with van der Waals surface area (Å²) in [7, 11) is 0. The Labute approximate surface area is 335 Å². The number of benzene rings is 9. The van der Waals surface area contributed by atoms with E-state index in [2.05, 4.69) is 71.3 Å². The zero-order valence-electron chi connectivity index (χ0n) is 37.1. The molecule has 0 aliphatic carbocycles. The normalized spacial score (nSPS) is 13.3. The minimum absolute atomic E-state index is 0.0788. The van der Waals surface area contributed by atoms with E-state index in [1.165, 1.54) is 0 Å². The smallest absolute Gasteiger partial charge is 0.0645 e. The van der Waals surface area contributed by atoms with Crippen LogP contribution < -0.4 is 0 Å². The van der Waals surface area contributed by atoms with Crippen LogP contribution in [0.25, 0.3) is 99.5 Å². The van der Waals surface area contributed by atoms with Gasteiger partial charge in [-0.3, -0.25) is 0 Å². The number of hydrogen-bond acceptors (Lipinski definition) is 0. The van der Waals surface area contributed by atoms with E-state index in [4.69, 9.17) is 4.11 Å². The maximum atomic E-state index is 9.89. The molecule has 2 aromatic heterocycles. The molecule has 0 amide bonds. The van der Waals surface area contributed by atoms with E-state index in [9.17, 15) is 5.48 Å². The zero-order valence-corrected chi connectivity index (χ0v) is 30.1. The molecule has 0 fully saturated rings. The Morgan fingerprint density at radius 2 is 0.839 bits per heavy atom. The molecule has 262 valence electrons. The highest BCUT2D eigenvalue weighted by Gasteiger charge is 2.17. The lowest BCUT2D eigenvalue weighted by atomic mass is 9.99. The van der Waals surface area contributed by atoms with Gasteiger partial charge in [0.25, 0.3) is 0 Å². The van der Waals surface area contributed by atoms with Crippen molar-refractivity contribution >= 4 is 43.6 Å². The molecule has 0 bridgehead atoms. The van der Waals surface area contributed by atoms with Gasteiger partial charge in [0.1, 0.15) is 0 Å². The largest absolute Gasteiger partial charge is 0.309 e. The predicted octanol–water partition coefficient (Wildman–Crippen LogP) is 14.5. The third-order valence-electron chi connectivity index (χ3n) is 10.8. The highest BCUT2D eigenvalue weighted by molar-refractivity contribution is 6.13. The average Bonchev–Trinajstić information content (AvgIpc) is 3.87. The summed E-state index contributed by atoms with van der Waals surface area (Å²) in [6.45, 7) is 0. The average molecular weight is 720 g/mol. The van der Waals surface area contributed by atoms with E-state index in [1.54, 1.807) is 4.57 Å². The van der Waals surface area contributed by atoms with Gasteiger partial charge in [-0.2, -0.15) is 0 Å². The molecule has 0 unspecified atom stereocenters. The first-order valence-electron chi connectivity index (χ1n) is 22.2. The lowest BCUT2D eigenvalue weighted by molar-refractivity contribution is 1.18. The molecule has 2 nitrogen and oxygen atoms in total. The molecule has 9 aromatic carbocycles. The fourth-order valence-electron chi connectivity index (χ4n) is 8.07. The topological polar surface area (TPSA) is 9.86 Å². The molecule has 0 saturated heterocycles. The summed E-state index contributed by atoms with van der Waals surface area (Å²) in [6, 6.07) is 56.9. The maximum Gasteiger partial charge on any atom is 0.0645 e. The van der Waals surface area contributed by atoms with Crippen molar-refractivity contribution in [1.82, 2.24) is 9.13 Å². The lowest BCUT2D eigenvalue weighted by Crippen LogP contribution is -1.94. The van der Waals surface area contributed by atoms with Crippen LogP contribution >= 0.6 is 0 Å². The first-order chi connectivity index (χ1) is 30.7. The first kappa shape index (κ1) is 25.6. The molecule has 11 rings (SSSR count). The van der Waals surface area contributed by atoms with Crippen LogP contribution in [-0.2, 0) is 0 Å². The van der Waals surface area contributed by atoms with Crippen LogP contribution in [-0.4, -0.2) is 9.13 Å². The maximum absolute atomic E-state index is 9.89. The molecule has 0 spiro atoms. The SMILES string of the molecule is [2H]c1c([2H])c([2H])c2c(c1[2H])c1c([2H])c(-c3ccc4c(c3)c3ccc(-c5ccccc5)cc3n4-c3ccc(-c4ccccc4)cc3)c([2H])c([2H])c1n2-c1cccc(-c2ccccc2)c1. The molecular formula is C54H36N2. The molecule has 56 heavy (non-hydrogen) atoms. The minimum atomic E-state index is -0.423. The van der Waals surface area contributed by atoms with Crippen LogP contribution in [0.2, 0.25) is 0 Å². The number of aromatic nitrogens is 2. The van der Waals surface area contributed by atoms with E-state index in [0.717, 1.165) is 60.9 Å². The van der Waals surface area contributed by atoms with Crippen LogP contribution in [0.5, 0.6) is 0 Å². The van der Waals surface area contributed by atoms with E-state index < -0.39 is 12.1 Å². The Morgan fingerprint density at radius 3 is 1.57 bits per heavy atom. The van der Waals surface area contributed by atoms with Crippen molar-refractivity contribution in [1.29, 1.82) is 0 Å². The van der Waals surface area contributed by atoms with Gasteiger partial charge in [-0.05, 0) is 105 Å². The Balaban J connectivity index is 1.16. The monoisotopic (exact) mass is 719 g/mol. The Bertz CT molecular complexity index is 3620. The molecule has 0 radical (unpaired) electrons. The summed E-state index contributed by atoms with van der Waals surface area (Å²) >= 11 is 0. The van der Waals surface area contributed by atoms with E-state index in [1.807, 2.05) is 109 Å². The second-order valence-electron chi connectivity index (χ2n) is 14.0. The van der Waals surface area contributed by atoms with Gasteiger partial charge in [-0.15, -0.1) is 0 Å². The van der Waals surface area contributed by atoms with Gasteiger partial charge in [-0.1, -0.05) is 158 Å². The van der Waals surface area contributed by atoms with Gasteiger partial charge in [-0.25, -0.2) is 0 Å². The number of nitrogens with zero attached hydrogens (tertiary/aromatic N) is 2. The second kappa shape index (κ2) is 13.2. The van der Waals surface area contributed by atoms with Crippen molar-refractivity contribution in [2.24, 2.45) is 0 Å². The van der Waals surface area contributed by atoms with E-state index >= 15 is 0 Å². The summed E-state index contributed by atoms with van der Waals surface area (Å²) in [5.41, 5.74) is 10.8. The number of hydrogen-bond donors (Lipinski definition) is 0.